The maximum atomic E-state index is 12.4. The predicted molar refractivity (Wildman–Crippen MR) is 46.9 cm³/mol. The van der Waals surface area contributed by atoms with E-state index in [2.05, 4.69) is 6.58 Å². The molecule has 0 rings (SSSR count). The van der Waals surface area contributed by atoms with E-state index in [1.165, 1.54) is 19.2 Å². The van der Waals surface area contributed by atoms with Crippen LogP contribution in [-0.2, 0) is 0 Å². The summed E-state index contributed by atoms with van der Waals surface area (Å²) in [4.78, 5) is 0. The monoisotopic (exact) mass is 173 g/mol. The van der Waals surface area contributed by atoms with E-state index in [4.69, 9.17) is 0 Å². The molecule has 0 spiro atoms. The molecule has 0 aromatic rings. The predicted octanol–water partition coefficient (Wildman–Crippen LogP) is 2.79. The van der Waals surface area contributed by atoms with Crippen molar-refractivity contribution >= 4 is 0 Å². The average Bonchev–Trinajstić information content (AvgIpc) is 1.99. The zero-order valence-electron chi connectivity index (χ0n) is 7.35. The molecule has 0 aromatic carbocycles. The first kappa shape index (κ1) is 11.0. The second-order valence-electron chi connectivity index (χ2n) is 2.53. The van der Waals surface area contributed by atoms with Crippen molar-refractivity contribution in [1.82, 2.24) is 5.12 Å². The Balaban J connectivity index is 4.08. The number of nitrogens with zero attached hydrogens (tertiary/aromatic N) is 1. The topological polar surface area (TPSA) is 3.24 Å². The highest BCUT2D eigenvalue weighted by molar-refractivity contribution is 5.19. The highest BCUT2D eigenvalue weighted by Gasteiger charge is 1.93. The molecule has 0 saturated heterocycles. The van der Waals surface area contributed by atoms with Gasteiger partial charge in [-0.25, -0.2) is 4.39 Å². The van der Waals surface area contributed by atoms with Crippen molar-refractivity contribution in [2.45, 2.75) is 6.92 Å². The van der Waals surface area contributed by atoms with Gasteiger partial charge in [-0.3, -0.25) is 0 Å². The Morgan fingerprint density at radius 3 is 2.50 bits per heavy atom. The van der Waals surface area contributed by atoms with Crippen molar-refractivity contribution < 1.29 is 8.87 Å². The summed E-state index contributed by atoms with van der Waals surface area (Å²) in [5.74, 6) is -0.420. The Morgan fingerprint density at radius 2 is 2.08 bits per heavy atom. The molecular weight excluding hydrogens is 160 g/mol. The number of likely N-dealkylation sites (N-methyl/N-ethyl adjacent to an activating group) is 1. The lowest BCUT2D eigenvalue weighted by Crippen LogP contribution is -2.08. The van der Waals surface area contributed by atoms with E-state index < -0.39 is 5.83 Å². The third kappa shape index (κ3) is 5.80. The number of hydrogen-bond donors (Lipinski definition) is 0. The van der Waals surface area contributed by atoms with Gasteiger partial charge in [0.15, 0.2) is 0 Å². The molecule has 12 heavy (non-hydrogen) atoms. The molecule has 68 valence electrons. The molecule has 0 unspecified atom stereocenters. The summed E-state index contributed by atoms with van der Waals surface area (Å²) in [5.41, 5.74) is 0.747. The van der Waals surface area contributed by atoms with Crippen molar-refractivity contribution in [2.24, 2.45) is 0 Å². The van der Waals surface area contributed by atoms with Gasteiger partial charge in [0.2, 0.25) is 0 Å². The maximum Gasteiger partial charge on any atom is 0.122 e. The lowest BCUT2D eigenvalue weighted by atomic mass is 10.2. The average molecular weight is 173 g/mol. The summed E-state index contributed by atoms with van der Waals surface area (Å²) in [6.45, 7) is 5.15. The summed E-state index contributed by atoms with van der Waals surface area (Å²) in [7, 11) is 1.31. The van der Waals surface area contributed by atoms with Crippen LogP contribution in [0.5, 0.6) is 0 Å². The highest BCUT2D eigenvalue weighted by Crippen LogP contribution is 2.01. The van der Waals surface area contributed by atoms with Crippen LogP contribution in [-0.4, -0.2) is 18.7 Å². The van der Waals surface area contributed by atoms with Crippen molar-refractivity contribution in [3.63, 3.8) is 0 Å². The van der Waals surface area contributed by atoms with Crippen LogP contribution in [0.2, 0.25) is 0 Å². The van der Waals surface area contributed by atoms with E-state index in [1.54, 1.807) is 6.92 Å². The van der Waals surface area contributed by atoms with Gasteiger partial charge in [0, 0.05) is 13.6 Å². The standard InChI is InChI=1S/C9H13F2N/c1-4-9(10)6-5-8(2)7-12(3)11/h4-6H,1,7H2,2-3H3/b8-5+,9-6+. The van der Waals surface area contributed by atoms with Gasteiger partial charge in [-0.2, -0.15) is 0 Å². The third-order valence-electron chi connectivity index (χ3n) is 1.19. The number of hydrogen-bond acceptors (Lipinski definition) is 1. The van der Waals surface area contributed by atoms with Crippen LogP contribution in [0.1, 0.15) is 6.92 Å². The van der Waals surface area contributed by atoms with E-state index in [1.807, 2.05) is 0 Å². The molecule has 0 amide bonds. The summed E-state index contributed by atoms with van der Waals surface area (Å²) in [5, 5.41) is 0.533. The summed E-state index contributed by atoms with van der Waals surface area (Å²) >= 11 is 0. The minimum Gasteiger partial charge on any atom is -0.207 e. The van der Waals surface area contributed by atoms with Crippen molar-refractivity contribution in [3.05, 3.63) is 36.2 Å². The molecule has 0 N–H and O–H groups in total. The molecule has 0 aromatic heterocycles. The van der Waals surface area contributed by atoms with Gasteiger partial charge in [-0.15, -0.1) is 9.60 Å². The minimum absolute atomic E-state index is 0.181. The van der Waals surface area contributed by atoms with Gasteiger partial charge in [0.25, 0.3) is 0 Å². The Bertz CT molecular complexity index is 205. The highest BCUT2D eigenvalue weighted by atomic mass is 19.2. The van der Waals surface area contributed by atoms with E-state index in [9.17, 15) is 8.87 Å². The molecule has 0 atom stereocenters. The molecule has 0 saturated carbocycles. The number of rotatable bonds is 4. The van der Waals surface area contributed by atoms with Gasteiger partial charge < -0.3 is 0 Å². The maximum absolute atomic E-state index is 12.4. The molecule has 0 bridgehead atoms. The van der Waals surface area contributed by atoms with E-state index in [0.29, 0.717) is 5.12 Å². The Kier molecular flexibility index (Phi) is 5.21. The van der Waals surface area contributed by atoms with E-state index >= 15 is 0 Å². The van der Waals surface area contributed by atoms with Crippen LogP contribution in [0, 0.1) is 0 Å². The van der Waals surface area contributed by atoms with Crippen LogP contribution in [0.3, 0.4) is 0 Å². The summed E-state index contributed by atoms with van der Waals surface area (Å²) < 4.78 is 24.6. The van der Waals surface area contributed by atoms with Crippen LogP contribution in [0.25, 0.3) is 0 Å². The number of halogens is 2. The Morgan fingerprint density at radius 1 is 1.50 bits per heavy atom. The van der Waals surface area contributed by atoms with Crippen LogP contribution < -0.4 is 0 Å². The third-order valence-corrected chi connectivity index (χ3v) is 1.19. The molecule has 0 radical (unpaired) electrons. The Hall–Kier alpha value is -0.960. The fraction of sp³-hybridized carbons (Fsp3) is 0.333. The zero-order valence-corrected chi connectivity index (χ0v) is 7.35. The van der Waals surface area contributed by atoms with Gasteiger partial charge in [-0.05, 0) is 19.1 Å². The van der Waals surface area contributed by atoms with Gasteiger partial charge in [-0.1, -0.05) is 18.2 Å². The fourth-order valence-electron chi connectivity index (χ4n) is 0.686. The first-order valence-electron chi connectivity index (χ1n) is 3.58. The molecule has 0 aliphatic carbocycles. The van der Waals surface area contributed by atoms with E-state index in [0.717, 1.165) is 11.6 Å². The Labute approximate surface area is 71.6 Å². The van der Waals surface area contributed by atoms with Crippen LogP contribution in [0.15, 0.2) is 36.2 Å². The quantitative estimate of drug-likeness (QED) is 0.466. The first-order chi connectivity index (χ1) is 5.56. The number of allylic oxidation sites excluding steroid dienone is 4. The van der Waals surface area contributed by atoms with Crippen molar-refractivity contribution in [2.75, 3.05) is 13.6 Å². The molecule has 0 aliphatic heterocycles. The lowest BCUT2D eigenvalue weighted by Gasteiger charge is -2.03. The van der Waals surface area contributed by atoms with Crippen molar-refractivity contribution in [3.8, 4) is 0 Å². The second kappa shape index (κ2) is 5.66. The zero-order chi connectivity index (χ0) is 9.56. The molecule has 3 heteroatoms. The smallest absolute Gasteiger partial charge is 0.122 e. The first-order valence-corrected chi connectivity index (χ1v) is 3.58. The summed E-state index contributed by atoms with van der Waals surface area (Å²) in [6.07, 6.45) is 3.88. The van der Waals surface area contributed by atoms with Crippen LogP contribution in [0.4, 0.5) is 8.87 Å². The SMILES string of the molecule is C=C/C(F)=C\C=C(/C)CN(C)F. The molecule has 0 heterocycles. The largest absolute Gasteiger partial charge is 0.207 e. The lowest BCUT2D eigenvalue weighted by molar-refractivity contribution is 0.0728. The van der Waals surface area contributed by atoms with Crippen LogP contribution >= 0.6 is 0 Å². The normalized spacial score (nSPS) is 13.8. The fourth-order valence-corrected chi connectivity index (χ4v) is 0.686. The van der Waals surface area contributed by atoms with Gasteiger partial charge in [0.1, 0.15) is 5.83 Å². The molecule has 1 nitrogen and oxygen atoms in total. The molecular formula is C9H13F2N. The minimum atomic E-state index is -0.420. The van der Waals surface area contributed by atoms with Crippen molar-refractivity contribution in [1.29, 1.82) is 0 Å². The molecule has 0 aliphatic rings. The second-order valence-corrected chi connectivity index (χ2v) is 2.53. The van der Waals surface area contributed by atoms with E-state index in [-0.39, 0.29) is 6.54 Å². The summed E-state index contributed by atoms with van der Waals surface area (Å²) in [6, 6.07) is 0. The van der Waals surface area contributed by atoms with Gasteiger partial charge >= 0.3 is 0 Å². The van der Waals surface area contributed by atoms with Gasteiger partial charge in [0.05, 0.1) is 0 Å². The molecule has 0 fully saturated rings.